The summed E-state index contributed by atoms with van der Waals surface area (Å²) in [6.45, 7) is 1.86. The Morgan fingerprint density at radius 2 is 2.09 bits per heavy atom. The van der Waals surface area contributed by atoms with Crippen molar-refractivity contribution in [3.63, 3.8) is 0 Å². The zero-order valence-corrected chi connectivity index (χ0v) is 12.7. The van der Waals surface area contributed by atoms with Crippen LogP contribution in [-0.4, -0.2) is 25.2 Å². The topological polar surface area (TPSA) is 56.5 Å². The maximum absolute atomic E-state index is 12.8. The molecule has 3 aromatic rings. The Morgan fingerprint density at radius 1 is 1.27 bits per heavy atom. The summed E-state index contributed by atoms with van der Waals surface area (Å²) >= 11 is 2.62. The van der Waals surface area contributed by atoms with Crippen molar-refractivity contribution < 1.29 is 13.2 Å². The summed E-state index contributed by atoms with van der Waals surface area (Å²) < 4.78 is 40.3. The molecule has 114 valence electrons. The van der Waals surface area contributed by atoms with Crippen molar-refractivity contribution in [3.05, 3.63) is 40.9 Å². The monoisotopic (exact) mass is 343 g/mol. The minimum Gasteiger partial charge on any atom is -0.235 e. The molecule has 0 unspecified atom stereocenters. The number of nitrogens with zero attached hydrogens (tertiary/aromatic N) is 5. The van der Waals surface area contributed by atoms with Gasteiger partial charge < -0.3 is 0 Å². The van der Waals surface area contributed by atoms with Crippen LogP contribution in [0.4, 0.5) is 13.2 Å². The SMILES string of the molecule is Cc1csc(Sc2nnnn2-c2cccc(C(F)(F)F)c2)n1. The van der Waals surface area contributed by atoms with Crippen molar-refractivity contribution in [1.29, 1.82) is 0 Å². The normalized spacial score (nSPS) is 11.8. The molecule has 0 saturated carbocycles. The second-order valence-corrected chi connectivity index (χ2v) is 6.35. The van der Waals surface area contributed by atoms with E-state index < -0.39 is 11.7 Å². The number of aryl methyl sites for hydroxylation is 1. The van der Waals surface area contributed by atoms with Gasteiger partial charge in [0.2, 0.25) is 5.16 Å². The lowest BCUT2D eigenvalue weighted by atomic mass is 10.2. The van der Waals surface area contributed by atoms with Crippen LogP contribution in [0.1, 0.15) is 11.3 Å². The number of thiazole rings is 1. The van der Waals surface area contributed by atoms with Crippen molar-refractivity contribution in [2.45, 2.75) is 22.6 Å². The zero-order valence-electron chi connectivity index (χ0n) is 11.1. The van der Waals surface area contributed by atoms with Crippen LogP contribution in [-0.2, 0) is 6.18 Å². The quantitative estimate of drug-likeness (QED) is 0.727. The van der Waals surface area contributed by atoms with Gasteiger partial charge in [0.25, 0.3) is 0 Å². The Hall–Kier alpha value is -1.94. The maximum Gasteiger partial charge on any atom is 0.416 e. The second kappa shape index (κ2) is 5.69. The van der Waals surface area contributed by atoms with E-state index in [1.165, 1.54) is 39.9 Å². The van der Waals surface area contributed by atoms with Crippen molar-refractivity contribution in [3.8, 4) is 5.69 Å². The summed E-state index contributed by atoms with van der Waals surface area (Å²) in [5, 5.41) is 13.4. The van der Waals surface area contributed by atoms with E-state index >= 15 is 0 Å². The van der Waals surface area contributed by atoms with Gasteiger partial charge in [-0.15, -0.1) is 16.4 Å². The van der Waals surface area contributed by atoms with Crippen LogP contribution < -0.4 is 0 Å². The highest BCUT2D eigenvalue weighted by Gasteiger charge is 2.30. The molecular weight excluding hydrogens is 335 g/mol. The van der Waals surface area contributed by atoms with E-state index in [1.807, 2.05) is 12.3 Å². The van der Waals surface area contributed by atoms with Gasteiger partial charge in [-0.1, -0.05) is 6.07 Å². The predicted molar refractivity (Wildman–Crippen MR) is 75.1 cm³/mol. The number of hydrogen-bond acceptors (Lipinski definition) is 6. The molecule has 3 rings (SSSR count). The van der Waals surface area contributed by atoms with E-state index in [0.717, 1.165) is 22.2 Å². The molecular formula is C12H8F3N5S2. The van der Waals surface area contributed by atoms with Crippen molar-refractivity contribution in [1.82, 2.24) is 25.2 Å². The molecule has 0 spiro atoms. The van der Waals surface area contributed by atoms with E-state index in [0.29, 0.717) is 5.16 Å². The maximum atomic E-state index is 12.8. The molecule has 0 amide bonds. The average molecular weight is 343 g/mol. The Kier molecular flexibility index (Phi) is 3.87. The highest BCUT2D eigenvalue weighted by molar-refractivity contribution is 8.00. The Balaban J connectivity index is 1.95. The summed E-state index contributed by atoms with van der Waals surface area (Å²) in [4.78, 5) is 4.27. The second-order valence-electron chi connectivity index (χ2n) is 4.28. The predicted octanol–water partition coefficient (Wildman–Crippen LogP) is 3.60. The average Bonchev–Trinajstić information content (AvgIpc) is 3.08. The van der Waals surface area contributed by atoms with E-state index in [4.69, 9.17) is 0 Å². The molecule has 0 atom stereocenters. The van der Waals surface area contributed by atoms with Crippen LogP contribution >= 0.6 is 23.1 Å². The van der Waals surface area contributed by atoms with E-state index in [-0.39, 0.29) is 5.69 Å². The first-order valence-corrected chi connectivity index (χ1v) is 7.69. The van der Waals surface area contributed by atoms with Crippen molar-refractivity contribution in [2.75, 3.05) is 0 Å². The van der Waals surface area contributed by atoms with Crippen molar-refractivity contribution >= 4 is 23.1 Å². The fourth-order valence-corrected chi connectivity index (χ4v) is 3.41. The van der Waals surface area contributed by atoms with Crippen LogP contribution in [0.2, 0.25) is 0 Å². The molecule has 0 aliphatic heterocycles. The van der Waals surface area contributed by atoms with Gasteiger partial charge in [0.05, 0.1) is 11.3 Å². The molecule has 2 heterocycles. The molecule has 22 heavy (non-hydrogen) atoms. The number of tetrazole rings is 1. The minimum atomic E-state index is -4.41. The molecule has 1 aromatic carbocycles. The third kappa shape index (κ3) is 3.12. The van der Waals surface area contributed by atoms with E-state index in [1.54, 1.807) is 0 Å². The van der Waals surface area contributed by atoms with Crippen LogP contribution in [0.25, 0.3) is 5.69 Å². The highest BCUT2D eigenvalue weighted by atomic mass is 32.2. The van der Waals surface area contributed by atoms with Gasteiger partial charge >= 0.3 is 6.18 Å². The molecule has 5 nitrogen and oxygen atoms in total. The van der Waals surface area contributed by atoms with Crippen molar-refractivity contribution in [2.24, 2.45) is 0 Å². The Morgan fingerprint density at radius 3 is 2.77 bits per heavy atom. The van der Waals surface area contributed by atoms with Gasteiger partial charge in [-0.2, -0.15) is 17.9 Å². The van der Waals surface area contributed by atoms with Gasteiger partial charge in [0.15, 0.2) is 4.34 Å². The van der Waals surface area contributed by atoms with E-state index in [9.17, 15) is 13.2 Å². The standard InChI is InChI=1S/C12H8F3N5S2/c1-7-6-21-11(16-7)22-10-17-18-19-20(10)9-4-2-3-8(5-9)12(13,14)15/h2-6H,1H3. The number of hydrogen-bond donors (Lipinski definition) is 0. The third-order valence-corrected chi connectivity index (χ3v) is 4.63. The molecule has 2 aromatic heterocycles. The molecule has 0 fully saturated rings. The van der Waals surface area contributed by atoms with Gasteiger partial charge in [-0.25, -0.2) is 4.98 Å². The molecule has 0 radical (unpaired) electrons. The smallest absolute Gasteiger partial charge is 0.235 e. The summed E-state index contributed by atoms with van der Waals surface area (Å²) in [5.74, 6) is 0. The number of alkyl halides is 3. The first-order valence-electron chi connectivity index (χ1n) is 5.99. The number of benzene rings is 1. The molecule has 0 bridgehead atoms. The third-order valence-electron chi connectivity index (χ3n) is 2.64. The van der Waals surface area contributed by atoms with Crippen LogP contribution in [0, 0.1) is 6.92 Å². The van der Waals surface area contributed by atoms with Gasteiger partial charge in [-0.3, -0.25) is 0 Å². The van der Waals surface area contributed by atoms with Crippen LogP contribution in [0.3, 0.4) is 0 Å². The summed E-state index contributed by atoms with van der Waals surface area (Å²) in [6.07, 6.45) is -4.41. The van der Waals surface area contributed by atoms with Crippen LogP contribution in [0.15, 0.2) is 39.1 Å². The number of aromatic nitrogens is 5. The highest BCUT2D eigenvalue weighted by Crippen LogP contribution is 2.32. The lowest BCUT2D eigenvalue weighted by Gasteiger charge is -2.08. The summed E-state index contributed by atoms with van der Waals surface area (Å²) in [6, 6.07) is 4.85. The lowest BCUT2D eigenvalue weighted by molar-refractivity contribution is -0.137. The van der Waals surface area contributed by atoms with Crippen LogP contribution in [0.5, 0.6) is 0 Å². The molecule has 10 heteroatoms. The fourth-order valence-electron chi connectivity index (χ4n) is 1.68. The number of halogens is 3. The molecule has 0 N–H and O–H groups in total. The lowest BCUT2D eigenvalue weighted by Crippen LogP contribution is -2.07. The van der Waals surface area contributed by atoms with Gasteiger partial charge in [0.1, 0.15) is 0 Å². The first kappa shape index (κ1) is 15.0. The van der Waals surface area contributed by atoms with Gasteiger partial charge in [0, 0.05) is 11.1 Å². The minimum absolute atomic E-state index is 0.246. The Labute approximate surface area is 131 Å². The first-order chi connectivity index (χ1) is 10.4. The summed E-state index contributed by atoms with van der Waals surface area (Å²) in [5.41, 5.74) is 0.364. The molecule has 0 aliphatic rings. The molecule has 0 saturated heterocycles. The Bertz CT molecular complexity index is 796. The largest absolute Gasteiger partial charge is 0.416 e. The summed E-state index contributed by atoms with van der Waals surface area (Å²) in [7, 11) is 0. The zero-order chi connectivity index (χ0) is 15.7. The molecule has 0 aliphatic carbocycles. The fraction of sp³-hybridized carbons (Fsp3) is 0.167. The van der Waals surface area contributed by atoms with E-state index in [2.05, 4.69) is 20.5 Å². The number of rotatable bonds is 3. The van der Waals surface area contributed by atoms with Gasteiger partial charge in [-0.05, 0) is 47.3 Å².